The Labute approximate surface area is 235 Å². The van der Waals surface area contributed by atoms with E-state index in [1.165, 1.54) is 11.1 Å². The zero-order valence-electron chi connectivity index (χ0n) is 23.5. The van der Waals surface area contributed by atoms with E-state index in [0.717, 1.165) is 79.5 Å². The second kappa shape index (κ2) is 11.3. The number of aliphatic hydroxyl groups excluding tert-OH is 1. The summed E-state index contributed by atoms with van der Waals surface area (Å²) in [6.45, 7) is 7.76. The molecule has 0 aliphatic carbocycles. The Hall–Kier alpha value is -3.95. The quantitative estimate of drug-likeness (QED) is 0.337. The van der Waals surface area contributed by atoms with E-state index in [-0.39, 0.29) is 12.6 Å². The van der Waals surface area contributed by atoms with Crippen molar-refractivity contribution in [2.45, 2.75) is 52.2 Å². The molecule has 1 saturated heterocycles. The fraction of sp³-hybridized carbons (Fsp3) is 0.387. The van der Waals surface area contributed by atoms with Gasteiger partial charge in [-0.25, -0.2) is 9.97 Å². The summed E-state index contributed by atoms with van der Waals surface area (Å²) in [6, 6.07) is 14.8. The molecule has 0 radical (unpaired) electrons. The molecule has 0 unspecified atom stereocenters. The molecule has 2 aliphatic rings. The standard InChI is InChI=1S/C31H37N7O2/c1-21-14-25(15-28(40-3)22(21)2)37-18-29(32-20-37)34-31-33-27-17-36(16-23-8-5-4-6-9-23)13-11-26(27)30(35-31)38-12-7-10-24(38)19-39/h4-6,8-9,14-15,18,20,24,39H,7,10-13,16-17,19H2,1-3H3,(H,33,34,35)/t24-/m0/s1. The van der Waals surface area contributed by atoms with Gasteiger partial charge in [-0.2, -0.15) is 4.98 Å². The summed E-state index contributed by atoms with van der Waals surface area (Å²) in [4.78, 5) is 19.3. The second-order valence-corrected chi connectivity index (χ2v) is 10.8. The van der Waals surface area contributed by atoms with Crippen LogP contribution in [0.25, 0.3) is 5.69 Å². The molecule has 0 saturated carbocycles. The van der Waals surface area contributed by atoms with E-state index in [9.17, 15) is 5.11 Å². The Balaban J connectivity index is 1.30. The number of imidazole rings is 1. The molecule has 2 aromatic heterocycles. The number of ether oxygens (including phenoxy) is 1. The first-order valence-electron chi connectivity index (χ1n) is 14.0. The van der Waals surface area contributed by atoms with Gasteiger partial charge < -0.3 is 24.6 Å². The number of aromatic nitrogens is 4. The Morgan fingerprint density at radius 2 is 1.95 bits per heavy atom. The minimum atomic E-state index is 0.0909. The van der Waals surface area contributed by atoms with Crippen molar-refractivity contribution in [3.63, 3.8) is 0 Å². The Morgan fingerprint density at radius 1 is 1.10 bits per heavy atom. The van der Waals surface area contributed by atoms with Crippen molar-refractivity contribution in [1.29, 1.82) is 0 Å². The maximum Gasteiger partial charge on any atom is 0.230 e. The third-order valence-corrected chi connectivity index (χ3v) is 8.18. The number of anilines is 3. The lowest BCUT2D eigenvalue weighted by atomic mass is 10.0. The predicted molar refractivity (Wildman–Crippen MR) is 157 cm³/mol. The average Bonchev–Trinajstić information content (AvgIpc) is 3.64. The van der Waals surface area contributed by atoms with Gasteiger partial charge in [0.1, 0.15) is 17.9 Å². The SMILES string of the molecule is COc1cc(-n2cnc(Nc3nc4c(c(N5CCC[C@H]5CO)n3)CCN(Cc3ccccc3)C4)c2)cc(C)c1C. The number of fused-ring (bicyclic) bond motifs is 1. The number of aliphatic hydroxyl groups is 1. The van der Waals surface area contributed by atoms with Gasteiger partial charge in [-0.15, -0.1) is 0 Å². The topological polar surface area (TPSA) is 91.6 Å². The van der Waals surface area contributed by atoms with E-state index in [4.69, 9.17) is 14.7 Å². The zero-order valence-corrected chi connectivity index (χ0v) is 23.5. The summed E-state index contributed by atoms with van der Waals surface area (Å²) in [6.07, 6.45) is 6.64. The fourth-order valence-electron chi connectivity index (χ4n) is 5.85. The number of benzene rings is 2. The summed E-state index contributed by atoms with van der Waals surface area (Å²) in [5.41, 5.74) is 6.80. The van der Waals surface area contributed by atoms with Crippen LogP contribution in [-0.2, 0) is 19.5 Å². The third-order valence-electron chi connectivity index (χ3n) is 8.18. The highest BCUT2D eigenvalue weighted by Crippen LogP contribution is 2.33. The number of methoxy groups -OCH3 is 1. The van der Waals surface area contributed by atoms with Gasteiger partial charge in [0.15, 0.2) is 5.82 Å². The molecule has 0 spiro atoms. The van der Waals surface area contributed by atoms with Crippen molar-refractivity contribution in [3.8, 4) is 11.4 Å². The highest BCUT2D eigenvalue weighted by molar-refractivity contribution is 5.58. The normalized spacial score (nSPS) is 17.2. The number of rotatable bonds is 8. The lowest BCUT2D eigenvalue weighted by Gasteiger charge is -2.33. The molecule has 4 aromatic rings. The summed E-state index contributed by atoms with van der Waals surface area (Å²) < 4.78 is 7.55. The number of nitrogens with one attached hydrogen (secondary N) is 1. The molecule has 2 aliphatic heterocycles. The first-order chi connectivity index (χ1) is 19.5. The molecule has 4 heterocycles. The van der Waals surface area contributed by atoms with Crippen molar-refractivity contribution in [2.75, 3.05) is 37.0 Å². The van der Waals surface area contributed by atoms with Gasteiger partial charge in [0.25, 0.3) is 0 Å². The van der Waals surface area contributed by atoms with Gasteiger partial charge in [0.05, 0.1) is 37.3 Å². The van der Waals surface area contributed by atoms with Gasteiger partial charge >= 0.3 is 0 Å². The Kier molecular flexibility index (Phi) is 7.40. The molecule has 6 rings (SSSR count). The Morgan fingerprint density at radius 3 is 2.75 bits per heavy atom. The molecule has 1 fully saturated rings. The van der Waals surface area contributed by atoms with Crippen LogP contribution in [0.4, 0.5) is 17.6 Å². The van der Waals surface area contributed by atoms with Crippen molar-refractivity contribution in [3.05, 3.63) is 82.9 Å². The van der Waals surface area contributed by atoms with Crippen LogP contribution >= 0.6 is 0 Å². The van der Waals surface area contributed by atoms with Crippen molar-refractivity contribution in [1.82, 2.24) is 24.4 Å². The van der Waals surface area contributed by atoms with E-state index in [1.54, 1.807) is 13.4 Å². The highest BCUT2D eigenvalue weighted by atomic mass is 16.5. The van der Waals surface area contributed by atoms with Crippen LogP contribution in [0, 0.1) is 13.8 Å². The van der Waals surface area contributed by atoms with E-state index >= 15 is 0 Å². The molecule has 40 heavy (non-hydrogen) atoms. The van der Waals surface area contributed by atoms with Crippen LogP contribution in [0.1, 0.15) is 40.8 Å². The number of hydrogen-bond acceptors (Lipinski definition) is 8. The van der Waals surface area contributed by atoms with Gasteiger partial charge in [-0.1, -0.05) is 30.3 Å². The number of hydrogen-bond donors (Lipinski definition) is 2. The molecule has 0 bridgehead atoms. The molecular weight excluding hydrogens is 502 g/mol. The molecular formula is C31H37N7O2. The third kappa shape index (κ3) is 5.26. The minimum absolute atomic E-state index is 0.0909. The highest BCUT2D eigenvalue weighted by Gasteiger charge is 2.31. The number of aryl methyl sites for hydroxylation is 1. The van der Waals surface area contributed by atoms with Crippen LogP contribution < -0.4 is 15.0 Å². The van der Waals surface area contributed by atoms with Gasteiger partial charge in [-0.3, -0.25) is 4.90 Å². The lowest BCUT2D eigenvalue weighted by Crippen LogP contribution is -2.37. The van der Waals surface area contributed by atoms with Crippen molar-refractivity contribution >= 4 is 17.6 Å². The maximum atomic E-state index is 10.1. The summed E-state index contributed by atoms with van der Waals surface area (Å²) >= 11 is 0. The van der Waals surface area contributed by atoms with E-state index in [2.05, 4.69) is 70.3 Å². The molecule has 9 nitrogen and oxygen atoms in total. The second-order valence-electron chi connectivity index (χ2n) is 10.8. The van der Waals surface area contributed by atoms with Gasteiger partial charge in [-0.05, 0) is 55.9 Å². The monoisotopic (exact) mass is 539 g/mol. The molecule has 208 valence electrons. The smallest absolute Gasteiger partial charge is 0.230 e. The minimum Gasteiger partial charge on any atom is -0.496 e. The van der Waals surface area contributed by atoms with Crippen LogP contribution in [0.15, 0.2) is 55.0 Å². The van der Waals surface area contributed by atoms with E-state index < -0.39 is 0 Å². The number of nitrogens with zero attached hydrogens (tertiary/aromatic N) is 6. The summed E-state index contributed by atoms with van der Waals surface area (Å²) in [5, 5.41) is 13.4. The largest absolute Gasteiger partial charge is 0.496 e. The summed E-state index contributed by atoms with van der Waals surface area (Å²) in [5.74, 6) is 2.99. The zero-order chi connectivity index (χ0) is 27.6. The van der Waals surface area contributed by atoms with Crippen LogP contribution in [0.2, 0.25) is 0 Å². The van der Waals surface area contributed by atoms with Gasteiger partial charge in [0, 0.05) is 37.8 Å². The summed E-state index contributed by atoms with van der Waals surface area (Å²) in [7, 11) is 1.69. The molecule has 2 N–H and O–H groups in total. The van der Waals surface area contributed by atoms with Crippen molar-refractivity contribution in [2.24, 2.45) is 0 Å². The fourth-order valence-corrected chi connectivity index (χ4v) is 5.85. The van der Waals surface area contributed by atoms with Crippen LogP contribution in [0.5, 0.6) is 5.75 Å². The molecule has 1 atom stereocenters. The maximum absolute atomic E-state index is 10.1. The lowest BCUT2D eigenvalue weighted by molar-refractivity contribution is 0.240. The Bertz CT molecular complexity index is 1490. The predicted octanol–water partition coefficient (Wildman–Crippen LogP) is 4.55. The first kappa shape index (κ1) is 26.3. The van der Waals surface area contributed by atoms with Crippen LogP contribution in [0.3, 0.4) is 0 Å². The first-order valence-corrected chi connectivity index (χ1v) is 14.0. The van der Waals surface area contributed by atoms with Crippen LogP contribution in [-0.4, -0.2) is 62.4 Å². The van der Waals surface area contributed by atoms with Gasteiger partial charge in [0.2, 0.25) is 5.95 Å². The average molecular weight is 540 g/mol. The van der Waals surface area contributed by atoms with E-state index in [0.29, 0.717) is 11.8 Å². The van der Waals surface area contributed by atoms with Crippen molar-refractivity contribution < 1.29 is 9.84 Å². The molecule has 9 heteroatoms. The van der Waals surface area contributed by atoms with E-state index in [1.807, 2.05) is 16.8 Å². The molecule has 0 amide bonds. The molecule has 2 aromatic carbocycles.